The van der Waals surface area contributed by atoms with Crippen molar-refractivity contribution < 1.29 is 0 Å². The molecule has 0 saturated heterocycles. The third-order valence-electron chi connectivity index (χ3n) is 4.04. The minimum absolute atomic E-state index is 0.644. The summed E-state index contributed by atoms with van der Waals surface area (Å²) < 4.78 is 0. The Morgan fingerprint density at radius 1 is 1.28 bits per heavy atom. The van der Waals surface area contributed by atoms with Gasteiger partial charge in [-0.2, -0.15) is 0 Å². The molecule has 0 aromatic heterocycles. The lowest BCUT2D eigenvalue weighted by atomic mass is 9.97. The fraction of sp³-hybridized carbons (Fsp3) is 0.800. The van der Waals surface area contributed by atoms with Gasteiger partial charge in [-0.15, -0.1) is 0 Å². The van der Waals surface area contributed by atoms with Gasteiger partial charge in [-0.1, -0.05) is 24.5 Å². The molecule has 0 heterocycles. The Kier molecular flexibility index (Phi) is 5.56. The summed E-state index contributed by atoms with van der Waals surface area (Å²) in [5.74, 6) is 0.985. The molecule has 3 heteroatoms. The molecule has 0 radical (unpaired) electrons. The average Bonchev–Trinajstić information content (AvgIpc) is 2.92. The molecule has 0 spiro atoms. The first-order chi connectivity index (χ1) is 8.88. The first-order valence-corrected chi connectivity index (χ1v) is 7.53. The van der Waals surface area contributed by atoms with E-state index >= 15 is 0 Å². The predicted molar refractivity (Wildman–Crippen MR) is 77.9 cm³/mol. The van der Waals surface area contributed by atoms with Gasteiger partial charge in [0.1, 0.15) is 0 Å². The molecular weight excluding hydrogens is 222 g/mol. The van der Waals surface area contributed by atoms with E-state index in [1.54, 1.807) is 5.57 Å². The molecule has 102 valence electrons. The molecule has 0 aromatic carbocycles. The van der Waals surface area contributed by atoms with Crippen LogP contribution < -0.4 is 10.6 Å². The maximum Gasteiger partial charge on any atom is 0.191 e. The quantitative estimate of drug-likeness (QED) is 0.456. The summed E-state index contributed by atoms with van der Waals surface area (Å²) in [6.07, 6.45) is 14.3. The summed E-state index contributed by atoms with van der Waals surface area (Å²) in [6.45, 7) is 1.01. The Bertz CT molecular complexity index is 301. The van der Waals surface area contributed by atoms with Crippen LogP contribution in [0.15, 0.2) is 16.6 Å². The lowest BCUT2D eigenvalue weighted by Crippen LogP contribution is -2.42. The minimum Gasteiger partial charge on any atom is -0.356 e. The molecule has 1 saturated carbocycles. The van der Waals surface area contributed by atoms with Crippen molar-refractivity contribution in [3.05, 3.63) is 11.6 Å². The van der Waals surface area contributed by atoms with Crippen LogP contribution in [-0.4, -0.2) is 25.6 Å². The van der Waals surface area contributed by atoms with Gasteiger partial charge in [0.2, 0.25) is 0 Å². The van der Waals surface area contributed by atoms with Crippen LogP contribution in [0.5, 0.6) is 0 Å². The van der Waals surface area contributed by atoms with Gasteiger partial charge < -0.3 is 10.6 Å². The highest BCUT2D eigenvalue weighted by Crippen LogP contribution is 2.19. The van der Waals surface area contributed by atoms with E-state index < -0.39 is 0 Å². The number of rotatable bonds is 4. The number of aliphatic imine (C=N–C) groups is 1. The number of hydrogen-bond donors (Lipinski definition) is 2. The van der Waals surface area contributed by atoms with Gasteiger partial charge in [0.15, 0.2) is 5.96 Å². The second-order valence-electron chi connectivity index (χ2n) is 5.48. The van der Waals surface area contributed by atoms with Crippen molar-refractivity contribution in [3.63, 3.8) is 0 Å². The third-order valence-corrected chi connectivity index (χ3v) is 4.04. The zero-order valence-corrected chi connectivity index (χ0v) is 11.7. The van der Waals surface area contributed by atoms with E-state index in [0.29, 0.717) is 6.04 Å². The van der Waals surface area contributed by atoms with E-state index in [2.05, 4.69) is 21.7 Å². The Morgan fingerprint density at radius 3 is 2.78 bits per heavy atom. The molecule has 1 fully saturated rings. The molecule has 0 aliphatic heterocycles. The summed E-state index contributed by atoms with van der Waals surface area (Å²) in [5.41, 5.74) is 1.63. The number of allylic oxidation sites excluding steroid dienone is 1. The van der Waals surface area contributed by atoms with Gasteiger partial charge in [-0.3, -0.25) is 4.99 Å². The van der Waals surface area contributed by atoms with Gasteiger partial charge in [-0.25, -0.2) is 0 Å². The molecule has 0 bridgehead atoms. The van der Waals surface area contributed by atoms with Gasteiger partial charge in [0, 0.05) is 19.6 Å². The number of hydrogen-bond acceptors (Lipinski definition) is 1. The summed E-state index contributed by atoms with van der Waals surface area (Å²) >= 11 is 0. The fourth-order valence-electron chi connectivity index (χ4n) is 2.93. The van der Waals surface area contributed by atoms with Gasteiger partial charge in [0.05, 0.1) is 0 Å². The largest absolute Gasteiger partial charge is 0.356 e. The normalized spacial score (nSPS) is 21.8. The molecule has 2 aliphatic rings. The van der Waals surface area contributed by atoms with E-state index in [1.165, 1.54) is 57.8 Å². The van der Waals surface area contributed by atoms with E-state index in [-0.39, 0.29) is 0 Å². The van der Waals surface area contributed by atoms with E-state index in [1.807, 2.05) is 7.05 Å². The predicted octanol–water partition coefficient (Wildman–Crippen LogP) is 2.98. The highest BCUT2D eigenvalue weighted by Gasteiger charge is 2.15. The SMILES string of the molecule is CN=C(NCCC1=CCCCC1)NC1CCCC1. The second-order valence-corrected chi connectivity index (χ2v) is 5.48. The Labute approximate surface area is 111 Å². The summed E-state index contributed by atoms with van der Waals surface area (Å²) in [7, 11) is 1.87. The van der Waals surface area contributed by atoms with Crippen molar-refractivity contribution in [2.75, 3.05) is 13.6 Å². The first kappa shape index (κ1) is 13.4. The lowest BCUT2D eigenvalue weighted by molar-refractivity contribution is 0.610. The van der Waals surface area contributed by atoms with E-state index in [0.717, 1.165) is 12.5 Å². The fourth-order valence-corrected chi connectivity index (χ4v) is 2.93. The van der Waals surface area contributed by atoms with Crippen LogP contribution in [0, 0.1) is 0 Å². The molecule has 0 unspecified atom stereocenters. The highest BCUT2D eigenvalue weighted by atomic mass is 15.2. The van der Waals surface area contributed by atoms with Crippen molar-refractivity contribution in [3.8, 4) is 0 Å². The van der Waals surface area contributed by atoms with Crippen molar-refractivity contribution >= 4 is 5.96 Å². The average molecular weight is 249 g/mol. The highest BCUT2D eigenvalue weighted by molar-refractivity contribution is 5.79. The topological polar surface area (TPSA) is 36.4 Å². The van der Waals surface area contributed by atoms with Crippen LogP contribution in [0.4, 0.5) is 0 Å². The first-order valence-electron chi connectivity index (χ1n) is 7.53. The number of nitrogens with zero attached hydrogens (tertiary/aromatic N) is 1. The van der Waals surface area contributed by atoms with Crippen molar-refractivity contribution in [2.24, 2.45) is 4.99 Å². The molecule has 2 aliphatic carbocycles. The van der Waals surface area contributed by atoms with E-state index in [9.17, 15) is 0 Å². The lowest BCUT2D eigenvalue weighted by Gasteiger charge is -2.18. The summed E-state index contributed by atoms with van der Waals surface area (Å²) in [4.78, 5) is 4.31. The van der Waals surface area contributed by atoms with Crippen LogP contribution in [0.1, 0.15) is 57.8 Å². The zero-order chi connectivity index (χ0) is 12.6. The number of nitrogens with one attached hydrogen (secondary N) is 2. The standard InChI is InChI=1S/C15H27N3/c1-16-15(18-14-9-5-6-10-14)17-12-11-13-7-3-2-4-8-13/h7,14H,2-6,8-12H2,1H3,(H2,16,17,18). The number of guanidine groups is 1. The molecule has 18 heavy (non-hydrogen) atoms. The van der Waals surface area contributed by atoms with Crippen LogP contribution in [0.2, 0.25) is 0 Å². The molecule has 2 rings (SSSR count). The van der Waals surface area contributed by atoms with Crippen molar-refractivity contribution in [1.82, 2.24) is 10.6 Å². The van der Waals surface area contributed by atoms with Crippen molar-refractivity contribution in [1.29, 1.82) is 0 Å². The minimum atomic E-state index is 0.644. The third kappa shape index (κ3) is 4.35. The van der Waals surface area contributed by atoms with E-state index in [4.69, 9.17) is 0 Å². The zero-order valence-electron chi connectivity index (χ0n) is 11.7. The Hall–Kier alpha value is -0.990. The summed E-state index contributed by atoms with van der Waals surface area (Å²) in [6, 6.07) is 0.644. The molecule has 2 N–H and O–H groups in total. The van der Waals surface area contributed by atoms with Crippen LogP contribution in [0.3, 0.4) is 0 Å². The van der Waals surface area contributed by atoms with Crippen LogP contribution in [-0.2, 0) is 0 Å². The maximum absolute atomic E-state index is 4.31. The second kappa shape index (κ2) is 7.45. The molecule has 0 atom stereocenters. The molecule has 0 amide bonds. The van der Waals surface area contributed by atoms with Gasteiger partial charge in [-0.05, 0) is 44.9 Å². The smallest absolute Gasteiger partial charge is 0.191 e. The molecule has 0 aromatic rings. The molecule has 3 nitrogen and oxygen atoms in total. The van der Waals surface area contributed by atoms with Crippen LogP contribution >= 0.6 is 0 Å². The van der Waals surface area contributed by atoms with Crippen molar-refractivity contribution in [2.45, 2.75) is 63.8 Å². The van der Waals surface area contributed by atoms with Gasteiger partial charge in [0.25, 0.3) is 0 Å². The summed E-state index contributed by atoms with van der Waals surface area (Å²) in [5, 5.41) is 6.96. The molecular formula is C15H27N3. The Balaban J connectivity index is 1.65. The van der Waals surface area contributed by atoms with Crippen LogP contribution in [0.25, 0.3) is 0 Å². The maximum atomic E-state index is 4.31. The monoisotopic (exact) mass is 249 g/mol. The Morgan fingerprint density at radius 2 is 2.11 bits per heavy atom. The van der Waals surface area contributed by atoms with Gasteiger partial charge >= 0.3 is 0 Å².